The molecule has 0 saturated carbocycles. The van der Waals surface area contributed by atoms with Crippen molar-refractivity contribution in [3.05, 3.63) is 64.7 Å². The Balaban J connectivity index is 2.04. The zero-order chi connectivity index (χ0) is 13.7. The molecule has 0 spiro atoms. The van der Waals surface area contributed by atoms with Gasteiger partial charge in [-0.1, -0.05) is 54.2 Å². The number of aromatic hydroxyl groups is 1. The van der Waals surface area contributed by atoms with Crippen LogP contribution in [-0.4, -0.2) is 16.3 Å². The molecule has 0 aliphatic rings. The Morgan fingerprint density at radius 1 is 1.21 bits per heavy atom. The van der Waals surface area contributed by atoms with Gasteiger partial charge in [0, 0.05) is 16.1 Å². The number of phenols is 1. The van der Waals surface area contributed by atoms with Crippen LogP contribution in [0, 0.1) is 0 Å². The van der Waals surface area contributed by atoms with Crippen molar-refractivity contribution in [2.75, 3.05) is 0 Å². The molecule has 2 rings (SSSR count). The number of benzene rings is 2. The van der Waals surface area contributed by atoms with Crippen molar-refractivity contribution in [2.24, 2.45) is 5.10 Å². The largest absolute Gasteiger partial charge is 0.507 e. The van der Waals surface area contributed by atoms with Crippen molar-refractivity contribution < 1.29 is 5.11 Å². The molecule has 3 nitrogen and oxygen atoms in total. The zero-order valence-electron chi connectivity index (χ0n) is 9.88. The summed E-state index contributed by atoms with van der Waals surface area (Å²) < 4.78 is 0. The first-order valence-corrected chi connectivity index (χ1v) is 6.32. The lowest BCUT2D eigenvalue weighted by Crippen LogP contribution is -2.16. The number of nitrogens with one attached hydrogen (secondary N) is 1. The monoisotopic (exact) mass is 290 g/mol. The molecule has 96 valence electrons. The van der Waals surface area contributed by atoms with Gasteiger partial charge in [-0.05, 0) is 18.2 Å². The lowest BCUT2D eigenvalue weighted by Gasteiger charge is -2.03. The van der Waals surface area contributed by atoms with Crippen LogP contribution < -0.4 is 5.43 Å². The number of phenolic OH excluding ortho intramolecular Hbond substituents is 1. The van der Waals surface area contributed by atoms with E-state index in [0.29, 0.717) is 15.6 Å². The van der Waals surface area contributed by atoms with Gasteiger partial charge in [-0.15, -0.1) is 0 Å². The molecule has 19 heavy (non-hydrogen) atoms. The molecule has 0 heterocycles. The van der Waals surface area contributed by atoms with E-state index in [1.54, 1.807) is 12.1 Å². The zero-order valence-corrected chi connectivity index (χ0v) is 11.4. The molecule has 2 aromatic rings. The maximum Gasteiger partial charge on any atom is 0.126 e. The van der Waals surface area contributed by atoms with Gasteiger partial charge in [0.05, 0.1) is 6.21 Å². The van der Waals surface area contributed by atoms with Crippen LogP contribution in [0.25, 0.3) is 0 Å². The molecular weight excluding hydrogens is 280 g/mol. The molecule has 5 heteroatoms. The van der Waals surface area contributed by atoms with Crippen LogP contribution in [0.5, 0.6) is 5.75 Å². The van der Waals surface area contributed by atoms with Gasteiger partial charge in [0.25, 0.3) is 0 Å². The van der Waals surface area contributed by atoms with Crippen molar-refractivity contribution in [1.82, 2.24) is 5.43 Å². The number of thiocarbonyl (C=S) groups is 1. The quantitative estimate of drug-likeness (QED) is 0.518. The Kier molecular flexibility index (Phi) is 4.49. The molecule has 0 amide bonds. The molecule has 2 N–H and O–H groups in total. The average Bonchev–Trinajstić information content (AvgIpc) is 2.43. The van der Waals surface area contributed by atoms with E-state index >= 15 is 0 Å². The van der Waals surface area contributed by atoms with E-state index in [1.165, 1.54) is 12.3 Å². The highest BCUT2D eigenvalue weighted by Crippen LogP contribution is 2.19. The lowest BCUT2D eigenvalue weighted by molar-refractivity contribution is 0.474. The number of rotatable bonds is 3. The van der Waals surface area contributed by atoms with Gasteiger partial charge in [-0.25, -0.2) is 0 Å². The Morgan fingerprint density at radius 3 is 2.68 bits per heavy atom. The van der Waals surface area contributed by atoms with E-state index in [4.69, 9.17) is 23.8 Å². The first kappa shape index (κ1) is 13.5. The predicted molar refractivity (Wildman–Crippen MR) is 82.0 cm³/mol. The molecule has 0 atom stereocenters. The van der Waals surface area contributed by atoms with Crippen LogP contribution in [0.4, 0.5) is 0 Å². The first-order chi connectivity index (χ1) is 9.16. The SMILES string of the molecule is Oc1ccc(Cl)cc1/C=N/NC(=S)c1ccccc1. The highest BCUT2D eigenvalue weighted by atomic mass is 35.5. The standard InChI is InChI=1S/C14H11ClN2OS/c15-12-6-7-13(18)11(8-12)9-16-17-14(19)10-4-2-1-3-5-10/h1-9,18H,(H,17,19)/b16-9+. The van der Waals surface area contributed by atoms with E-state index < -0.39 is 0 Å². The summed E-state index contributed by atoms with van der Waals surface area (Å²) in [5, 5.41) is 14.1. The third-order valence-corrected chi connectivity index (χ3v) is 2.96. The Morgan fingerprint density at radius 2 is 1.95 bits per heavy atom. The fourth-order valence-electron chi connectivity index (χ4n) is 1.44. The highest BCUT2D eigenvalue weighted by molar-refractivity contribution is 7.80. The Hall–Kier alpha value is -1.91. The van der Waals surface area contributed by atoms with Gasteiger partial charge < -0.3 is 5.11 Å². The van der Waals surface area contributed by atoms with E-state index in [2.05, 4.69) is 10.5 Å². The molecule has 0 bridgehead atoms. The summed E-state index contributed by atoms with van der Waals surface area (Å²) >= 11 is 11.0. The van der Waals surface area contributed by atoms with E-state index in [0.717, 1.165) is 5.56 Å². The summed E-state index contributed by atoms with van der Waals surface area (Å²) in [5.74, 6) is 0.112. The fourth-order valence-corrected chi connectivity index (χ4v) is 1.81. The lowest BCUT2D eigenvalue weighted by atomic mass is 10.2. The Labute approximate surface area is 121 Å². The maximum absolute atomic E-state index is 9.61. The van der Waals surface area contributed by atoms with Crippen LogP contribution in [0.2, 0.25) is 5.02 Å². The molecular formula is C14H11ClN2OS. The molecule has 0 unspecified atom stereocenters. The molecule has 0 fully saturated rings. The topological polar surface area (TPSA) is 44.6 Å². The first-order valence-electron chi connectivity index (χ1n) is 5.54. The van der Waals surface area contributed by atoms with Crippen LogP contribution in [0.1, 0.15) is 11.1 Å². The van der Waals surface area contributed by atoms with Crippen molar-refractivity contribution in [1.29, 1.82) is 0 Å². The highest BCUT2D eigenvalue weighted by Gasteiger charge is 2.00. The maximum atomic E-state index is 9.61. The smallest absolute Gasteiger partial charge is 0.126 e. The van der Waals surface area contributed by atoms with Gasteiger partial charge >= 0.3 is 0 Å². The van der Waals surface area contributed by atoms with Crippen molar-refractivity contribution in [3.63, 3.8) is 0 Å². The average molecular weight is 291 g/mol. The number of halogens is 1. The summed E-state index contributed by atoms with van der Waals surface area (Å²) in [4.78, 5) is 0.512. The van der Waals surface area contributed by atoms with Gasteiger partial charge in [0.15, 0.2) is 0 Å². The second kappa shape index (κ2) is 6.31. The third-order valence-electron chi connectivity index (χ3n) is 2.40. The molecule has 0 saturated heterocycles. The number of hydrogen-bond acceptors (Lipinski definition) is 3. The minimum atomic E-state index is 0.112. The predicted octanol–water partition coefficient (Wildman–Crippen LogP) is 3.34. The normalized spacial score (nSPS) is 10.6. The van der Waals surface area contributed by atoms with Crippen molar-refractivity contribution in [3.8, 4) is 5.75 Å². The minimum Gasteiger partial charge on any atom is -0.507 e. The van der Waals surface area contributed by atoms with Gasteiger partial charge in [-0.3, -0.25) is 5.43 Å². The van der Waals surface area contributed by atoms with Crippen molar-refractivity contribution >= 4 is 35.0 Å². The molecule has 2 aromatic carbocycles. The Bertz CT molecular complexity index is 614. The summed E-state index contributed by atoms with van der Waals surface area (Å²) in [6, 6.07) is 14.2. The number of hydrogen-bond donors (Lipinski definition) is 2. The van der Waals surface area contributed by atoms with E-state index in [9.17, 15) is 5.11 Å². The van der Waals surface area contributed by atoms with E-state index in [-0.39, 0.29) is 5.75 Å². The third kappa shape index (κ3) is 3.77. The van der Waals surface area contributed by atoms with Gasteiger partial charge in [0.1, 0.15) is 10.7 Å². The summed E-state index contributed by atoms with van der Waals surface area (Å²) in [5.41, 5.74) is 4.14. The molecule has 0 aromatic heterocycles. The van der Waals surface area contributed by atoms with Gasteiger partial charge in [0.2, 0.25) is 0 Å². The van der Waals surface area contributed by atoms with Crippen LogP contribution in [0.15, 0.2) is 53.6 Å². The van der Waals surface area contributed by atoms with Crippen LogP contribution in [0.3, 0.4) is 0 Å². The molecule has 0 aliphatic heterocycles. The molecule has 0 aliphatic carbocycles. The molecule has 0 radical (unpaired) electrons. The van der Waals surface area contributed by atoms with Crippen LogP contribution >= 0.6 is 23.8 Å². The summed E-state index contributed by atoms with van der Waals surface area (Å²) in [7, 11) is 0. The van der Waals surface area contributed by atoms with E-state index in [1.807, 2.05) is 30.3 Å². The second-order valence-corrected chi connectivity index (χ2v) is 4.61. The minimum absolute atomic E-state index is 0.112. The van der Waals surface area contributed by atoms with Crippen LogP contribution in [-0.2, 0) is 0 Å². The number of nitrogens with zero attached hydrogens (tertiary/aromatic N) is 1. The summed E-state index contributed by atoms with van der Waals surface area (Å²) in [6.45, 7) is 0. The van der Waals surface area contributed by atoms with Crippen molar-refractivity contribution in [2.45, 2.75) is 0 Å². The van der Waals surface area contributed by atoms with Gasteiger partial charge in [-0.2, -0.15) is 5.10 Å². The summed E-state index contributed by atoms with van der Waals surface area (Å²) in [6.07, 6.45) is 1.47. The fraction of sp³-hybridized carbons (Fsp3) is 0. The second-order valence-electron chi connectivity index (χ2n) is 3.77. The number of hydrazone groups is 1.